The lowest BCUT2D eigenvalue weighted by molar-refractivity contribution is 0.151. The maximum atomic E-state index is 3.75. The van der Waals surface area contributed by atoms with Gasteiger partial charge in [0.2, 0.25) is 0 Å². The second-order valence-corrected chi connectivity index (χ2v) is 6.15. The first-order chi connectivity index (χ1) is 8.23. The average Bonchev–Trinajstić information content (AvgIpc) is 2.80. The van der Waals surface area contributed by atoms with Crippen molar-refractivity contribution in [1.82, 2.24) is 15.5 Å². The van der Waals surface area contributed by atoms with Crippen LogP contribution in [0.4, 0.5) is 0 Å². The van der Waals surface area contributed by atoms with E-state index in [1.54, 1.807) is 0 Å². The topological polar surface area (TPSA) is 27.3 Å². The first-order valence-electron chi connectivity index (χ1n) is 7.32. The van der Waals surface area contributed by atoms with Crippen molar-refractivity contribution in [2.45, 2.75) is 44.1 Å². The van der Waals surface area contributed by atoms with Crippen molar-refractivity contribution in [3.63, 3.8) is 0 Å². The van der Waals surface area contributed by atoms with Gasteiger partial charge in [-0.25, -0.2) is 0 Å². The molecule has 1 saturated heterocycles. The minimum absolute atomic E-state index is 0.451. The van der Waals surface area contributed by atoms with Crippen LogP contribution in [0.3, 0.4) is 0 Å². The summed E-state index contributed by atoms with van der Waals surface area (Å²) in [6.07, 6.45) is 8.27. The van der Waals surface area contributed by atoms with Gasteiger partial charge in [-0.05, 0) is 65.3 Å². The zero-order valence-corrected chi connectivity index (χ0v) is 11.6. The summed E-state index contributed by atoms with van der Waals surface area (Å²) in [6, 6.07) is 0. The predicted octanol–water partition coefficient (Wildman–Crippen LogP) is 1.45. The molecule has 1 aliphatic heterocycles. The smallest absolute Gasteiger partial charge is 0.0327 e. The number of nitrogens with one attached hydrogen (secondary N) is 2. The summed E-state index contributed by atoms with van der Waals surface area (Å²) in [4.78, 5) is 2.45. The van der Waals surface area contributed by atoms with Crippen LogP contribution in [0.25, 0.3) is 0 Å². The highest BCUT2D eigenvalue weighted by Crippen LogP contribution is 2.33. The minimum atomic E-state index is 0.451. The van der Waals surface area contributed by atoms with Crippen molar-refractivity contribution in [3.8, 4) is 0 Å². The molecule has 3 heteroatoms. The van der Waals surface area contributed by atoms with E-state index in [4.69, 9.17) is 0 Å². The van der Waals surface area contributed by atoms with Gasteiger partial charge in [-0.15, -0.1) is 0 Å². The number of rotatable bonds is 5. The first-order valence-corrected chi connectivity index (χ1v) is 7.32. The van der Waals surface area contributed by atoms with Gasteiger partial charge in [0.1, 0.15) is 0 Å². The fourth-order valence-electron chi connectivity index (χ4n) is 3.41. The quantitative estimate of drug-likeness (QED) is 0.760. The molecule has 2 aliphatic rings. The molecule has 0 unspecified atom stereocenters. The number of hydrogen-bond acceptors (Lipinski definition) is 3. The molecule has 0 aromatic heterocycles. The van der Waals surface area contributed by atoms with Crippen LogP contribution in [0.15, 0.2) is 0 Å². The molecular weight excluding hydrogens is 210 g/mol. The van der Waals surface area contributed by atoms with Gasteiger partial charge in [0, 0.05) is 12.1 Å². The van der Waals surface area contributed by atoms with Crippen LogP contribution in [0.2, 0.25) is 0 Å². The van der Waals surface area contributed by atoms with Crippen molar-refractivity contribution >= 4 is 0 Å². The second kappa shape index (κ2) is 6.17. The molecule has 0 aromatic rings. The summed E-state index contributed by atoms with van der Waals surface area (Å²) < 4.78 is 0. The molecule has 0 spiro atoms. The molecule has 0 aromatic carbocycles. The third kappa shape index (κ3) is 3.43. The van der Waals surface area contributed by atoms with Crippen LogP contribution in [-0.2, 0) is 0 Å². The third-order valence-corrected chi connectivity index (χ3v) is 4.83. The zero-order valence-electron chi connectivity index (χ0n) is 11.6. The number of likely N-dealkylation sites (N-methyl/N-ethyl adjacent to an activating group) is 1. The monoisotopic (exact) mass is 239 g/mol. The largest absolute Gasteiger partial charge is 0.317 e. The van der Waals surface area contributed by atoms with Crippen molar-refractivity contribution in [3.05, 3.63) is 0 Å². The predicted molar refractivity (Wildman–Crippen MR) is 73.3 cm³/mol. The van der Waals surface area contributed by atoms with Crippen molar-refractivity contribution in [2.24, 2.45) is 5.92 Å². The highest BCUT2D eigenvalue weighted by atomic mass is 15.2. The Balaban J connectivity index is 1.72. The molecule has 2 rings (SSSR count). The van der Waals surface area contributed by atoms with Crippen LogP contribution >= 0.6 is 0 Å². The minimum Gasteiger partial charge on any atom is -0.317 e. The standard InChI is InChI=1S/C14H29N3/c1-17(2)14(7-3-4-8-14)12-16-11-13-5-9-15-10-6-13/h13,15-16H,3-12H2,1-2H3. The van der Waals surface area contributed by atoms with Gasteiger partial charge in [-0.3, -0.25) is 0 Å². The van der Waals surface area contributed by atoms with Crippen molar-refractivity contribution in [1.29, 1.82) is 0 Å². The molecule has 17 heavy (non-hydrogen) atoms. The SMILES string of the molecule is CN(C)C1(CNCC2CCNCC2)CCCC1. The Hall–Kier alpha value is -0.120. The van der Waals surface area contributed by atoms with Crippen molar-refractivity contribution < 1.29 is 0 Å². The van der Waals surface area contributed by atoms with E-state index in [0.717, 1.165) is 5.92 Å². The van der Waals surface area contributed by atoms with Gasteiger partial charge in [0.25, 0.3) is 0 Å². The summed E-state index contributed by atoms with van der Waals surface area (Å²) in [5.41, 5.74) is 0.451. The van der Waals surface area contributed by atoms with Crippen molar-refractivity contribution in [2.75, 3.05) is 40.3 Å². The molecule has 0 amide bonds. The second-order valence-electron chi connectivity index (χ2n) is 6.15. The summed E-state index contributed by atoms with van der Waals surface area (Å²) in [7, 11) is 4.50. The molecule has 0 radical (unpaired) electrons. The average molecular weight is 239 g/mol. The Morgan fingerprint density at radius 1 is 1.18 bits per heavy atom. The van der Waals surface area contributed by atoms with E-state index in [1.807, 2.05) is 0 Å². The van der Waals surface area contributed by atoms with Gasteiger partial charge in [-0.2, -0.15) is 0 Å². The van der Waals surface area contributed by atoms with Crippen LogP contribution < -0.4 is 10.6 Å². The van der Waals surface area contributed by atoms with E-state index in [9.17, 15) is 0 Å². The van der Waals surface area contributed by atoms with Crippen LogP contribution in [0.1, 0.15) is 38.5 Å². The molecule has 1 aliphatic carbocycles. The van der Waals surface area contributed by atoms with Gasteiger partial charge >= 0.3 is 0 Å². The molecule has 1 saturated carbocycles. The van der Waals surface area contributed by atoms with E-state index < -0.39 is 0 Å². The normalized spacial score (nSPS) is 25.6. The molecule has 0 bridgehead atoms. The fraction of sp³-hybridized carbons (Fsp3) is 1.00. The summed E-state index contributed by atoms with van der Waals surface area (Å²) in [6.45, 7) is 4.83. The Labute approximate surface area is 106 Å². The van der Waals surface area contributed by atoms with Gasteiger partial charge < -0.3 is 15.5 Å². The molecule has 3 nitrogen and oxygen atoms in total. The lowest BCUT2D eigenvalue weighted by atomic mass is 9.94. The van der Waals surface area contributed by atoms with Crippen LogP contribution in [0, 0.1) is 5.92 Å². The first kappa shape index (κ1) is 13.3. The number of hydrogen-bond donors (Lipinski definition) is 2. The van der Waals surface area contributed by atoms with E-state index in [0.29, 0.717) is 5.54 Å². The van der Waals surface area contributed by atoms with E-state index in [2.05, 4.69) is 29.6 Å². The number of nitrogens with zero attached hydrogens (tertiary/aromatic N) is 1. The van der Waals surface area contributed by atoms with E-state index in [-0.39, 0.29) is 0 Å². The summed E-state index contributed by atoms with van der Waals surface area (Å²) >= 11 is 0. The molecule has 2 fully saturated rings. The van der Waals surface area contributed by atoms with Crippen LogP contribution in [0.5, 0.6) is 0 Å². The van der Waals surface area contributed by atoms with Crippen LogP contribution in [-0.4, -0.2) is 50.7 Å². The van der Waals surface area contributed by atoms with E-state index in [1.165, 1.54) is 64.7 Å². The number of piperidine rings is 1. The maximum absolute atomic E-state index is 3.75. The summed E-state index contributed by atoms with van der Waals surface area (Å²) in [5.74, 6) is 0.900. The zero-order chi connectivity index (χ0) is 12.1. The molecular formula is C14H29N3. The third-order valence-electron chi connectivity index (χ3n) is 4.83. The highest BCUT2D eigenvalue weighted by molar-refractivity contribution is 4.94. The molecule has 1 heterocycles. The lowest BCUT2D eigenvalue weighted by Gasteiger charge is -2.37. The molecule has 0 atom stereocenters. The Morgan fingerprint density at radius 2 is 1.82 bits per heavy atom. The van der Waals surface area contributed by atoms with Gasteiger partial charge in [0.05, 0.1) is 0 Å². The Kier molecular flexibility index (Phi) is 4.83. The highest BCUT2D eigenvalue weighted by Gasteiger charge is 2.35. The van der Waals surface area contributed by atoms with E-state index >= 15 is 0 Å². The lowest BCUT2D eigenvalue weighted by Crippen LogP contribution is -2.50. The fourth-order valence-corrected chi connectivity index (χ4v) is 3.41. The van der Waals surface area contributed by atoms with Gasteiger partial charge in [-0.1, -0.05) is 12.8 Å². The van der Waals surface area contributed by atoms with Gasteiger partial charge in [0.15, 0.2) is 0 Å². The summed E-state index contributed by atoms with van der Waals surface area (Å²) in [5, 5.41) is 7.19. The molecule has 100 valence electrons. The Bertz CT molecular complexity index is 216. The Morgan fingerprint density at radius 3 is 2.41 bits per heavy atom. The molecule has 2 N–H and O–H groups in total. The maximum Gasteiger partial charge on any atom is 0.0327 e.